The van der Waals surface area contributed by atoms with Gasteiger partial charge in [-0.1, -0.05) is 11.6 Å². The Morgan fingerprint density at radius 2 is 2.09 bits per heavy atom. The summed E-state index contributed by atoms with van der Waals surface area (Å²) in [4.78, 5) is 11.7. The van der Waals surface area contributed by atoms with Crippen molar-refractivity contribution in [2.75, 3.05) is 0 Å². The van der Waals surface area contributed by atoms with Gasteiger partial charge in [-0.15, -0.1) is 0 Å². The Morgan fingerprint density at radius 3 is 2.68 bits per heavy atom. The summed E-state index contributed by atoms with van der Waals surface area (Å²) in [6, 6.07) is 7.11. The van der Waals surface area contributed by atoms with E-state index in [1.54, 1.807) is 19.1 Å². The number of nitrogens with zero attached hydrogens (tertiary/aromatic N) is 1. The van der Waals surface area contributed by atoms with E-state index in [4.69, 9.17) is 21.2 Å². The molecule has 1 aromatic heterocycles. The Balaban J connectivity index is 2.22. The van der Waals surface area contributed by atoms with E-state index in [1.807, 2.05) is 0 Å². The summed E-state index contributed by atoms with van der Waals surface area (Å²) in [5, 5.41) is 8.84. The first-order valence-corrected chi connectivity index (χ1v) is 7.92. The third-order valence-electron chi connectivity index (χ3n) is 2.70. The second kappa shape index (κ2) is 6.30. The Labute approximate surface area is 131 Å². The monoisotopic (exact) mass is 341 g/mol. The number of carbonyl (C=O) groups excluding carboxylic acids is 1. The summed E-state index contributed by atoms with van der Waals surface area (Å²) < 4.78 is 27.9. The van der Waals surface area contributed by atoms with Crippen LogP contribution in [0.3, 0.4) is 0 Å². The molecule has 0 unspecified atom stereocenters. The smallest absolute Gasteiger partial charge is 0.271 e. The third kappa shape index (κ3) is 3.73. The van der Waals surface area contributed by atoms with Crippen LogP contribution in [0.5, 0.6) is 0 Å². The average molecular weight is 342 g/mol. The summed E-state index contributed by atoms with van der Waals surface area (Å²) in [5.74, 6) is -0.103. The Kier molecular flexibility index (Phi) is 4.65. The Morgan fingerprint density at radius 1 is 1.36 bits per heavy atom. The van der Waals surface area contributed by atoms with Gasteiger partial charge in [0.2, 0.25) is 10.0 Å². The van der Waals surface area contributed by atoms with E-state index in [0.717, 1.165) is 6.07 Å². The zero-order valence-corrected chi connectivity index (χ0v) is 13.0. The lowest BCUT2D eigenvalue weighted by Crippen LogP contribution is -2.20. The number of hydrazone groups is 1. The summed E-state index contributed by atoms with van der Waals surface area (Å²) in [6.07, 6.45) is 1.48. The molecule has 0 aliphatic rings. The number of primary sulfonamides is 1. The molecule has 0 aliphatic carbocycles. The maximum Gasteiger partial charge on any atom is 0.271 e. The molecule has 0 bridgehead atoms. The van der Waals surface area contributed by atoms with Crippen LogP contribution in [0.2, 0.25) is 5.02 Å². The number of nitrogens with one attached hydrogen (secondary N) is 1. The fourth-order valence-corrected chi connectivity index (χ4v) is 2.67. The van der Waals surface area contributed by atoms with Crippen LogP contribution >= 0.6 is 11.6 Å². The van der Waals surface area contributed by atoms with Crippen molar-refractivity contribution in [3.05, 3.63) is 52.9 Å². The first-order valence-electron chi connectivity index (χ1n) is 6.00. The standard InChI is InChI=1S/C13H12ClN3O4S/c1-8(11-3-2-6-21-11)16-17-13(18)9-4-5-10(14)12(7-9)22(15,19)20/h2-7H,1H3,(H,17,18)(H2,15,19,20)/b16-8-. The summed E-state index contributed by atoms with van der Waals surface area (Å²) in [6.45, 7) is 1.65. The molecular weight excluding hydrogens is 330 g/mol. The number of amides is 1. The van der Waals surface area contributed by atoms with E-state index in [9.17, 15) is 13.2 Å². The number of furan rings is 1. The zero-order valence-electron chi connectivity index (χ0n) is 11.4. The molecule has 1 aromatic carbocycles. The van der Waals surface area contributed by atoms with Crippen LogP contribution in [0.1, 0.15) is 23.0 Å². The van der Waals surface area contributed by atoms with Gasteiger partial charge in [0.05, 0.1) is 11.3 Å². The highest BCUT2D eigenvalue weighted by Gasteiger charge is 2.16. The van der Waals surface area contributed by atoms with Gasteiger partial charge in [0.15, 0.2) is 0 Å². The van der Waals surface area contributed by atoms with Gasteiger partial charge in [0.25, 0.3) is 5.91 Å². The van der Waals surface area contributed by atoms with E-state index in [1.165, 1.54) is 18.4 Å². The molecular formula is C13H12ClN3O4S. The van der Waals surface area contributed by atoms with Crippen molar-refractivity contribution in [3.8, 4) is 0 Å². The number of nitrogens with two attached hydrogens (primary N) is 1. The number of hydrogen-bond donors (Lipinski definition) is 2. The number of rotatable bonds is 4. The molecule has 1 amide bonds. The molecule has 7 nitrogen and oxygen atoms in total. The van der Waals surface area contributed by atoms with E-state index in [0.29, 0.717) is 11.5 Å². The maximum absolute atomic E-state index is 12.0. The fraction of sp³-hybridized carbons (Fsp3) is 0.0769. The van der Waals surface area contributed by atoms with Gasteiger partial charge in [0.1, 0.15) is 16.4 Å². The minimum absolute atomic E-state index is 0.0596. The number of hydrogen-bond acceptors (Lipinski definition) is 5. The molecule has 116 valence electrons. The van der Waals surface area contributed by atoms with Crippen LogP contribution in [-0.2, 0) is 10.0 Å². The van der Waals surface area contributed by atoms with Crippen LogP contribution in [0, 0.1) is 0 Å². The van der Waals surface area contributed by atoms with Gasteiger partial charge in [-0.05, 0) is 37.3 Å². The molecule has 3 N–H and O–H groups in total. The van der Waals surface area contributed by atoms with Gasteiger partial charge in [0, 0.05) is 5.56 Å². The zero-order chi connectivity index (χ0) is 16.3. The Hall–Kier alpha value is -2.16. The van der Waals surface area contributed by atoms with Crippen molar-refractivity contribution < 1.29 is 17.6 Å². The predicted octanol–water partition coefficient (Wildman–Crippen LogP) is 1.73. The summed E-state index contributed by atoms with van der Waals surface area (Å²) >= 11 is 5.75. The number of benzene rings is 1. The van der Waals surface area contributed by atoms with Gasteiger partial charge in [-0.25, -0.2) is 19.0 Å². The third-order valence-corrected chi connectivity index (χ3v) is 4.10. The highest BCUT2D eigenvalue weighted by atomic mass is 35.5. The molecule has 0 saturated carbocycles. The number of halogens is 1. The highest BCUT2D eigenvalue weighted by molar-refractivity contribution is 7.89. The molecule has 0 radical (unpaired) electrons. The van der Waals surface area contributed by atoms with Crippen molar-refractivity contribution in [2.24, 2.45) is 10.2 Å². The lowest BCUT2D eigenvalue weighted by Gasteiger charge is -2.05. The second-order valence-corrected chi connectivity index (χ2v) is 6.24. The summed E-state index contributed by atoms with van der Waals surface area (Å²) in [5.41, 5.74) is 2.81. The second-order valence-electron chi connectivity index (χ2n) is 4.31. The van der Waals surface area contributed by atoms with Crippen LogP contribution in [0.15, 0.2) is 51.0 Å². The van der Waals surface area contributed by atoms with Crippen LogP contribution in [0.25, 0.3) is 0 Å². The molecule has 0 fully saturated rings. The largest absolute Gasteiger partial charge is 0.463 e. The van der Waals surface area contributed by atoms with E-state index >= 15 is 0 Å². The Bertz CT molecular complexity index is 829. The van der Waals surface area contributed by atoms with E-state index < -0.39 is 15.9 Å². The van der Waals surface area contributed by atoms with Crippen molar-refractivity contribution >= 4 is 33.2 Å². The number of sulfonamides is 1. The van der Waals surface area contributed by atoms with Gasteiger partial charge >= 0.3 is 0 Å². The maximum atomic E-state index is 12.0. The fourth-order valence-electron chi connectivity index (χ4n) is 1.60. The molecule has 2 aromatic rings. The van der Waals surface area contributed by atoms with Crippen molar-refractivity contribution in [3.63, 3.8) is 0 Å². The average Bonchev–Trinajstić information content (AvgIpc) is 2.97. The predicted molar refractivity (Wildman–Crippen MR) is 81.2 cm³/mol. The normalized spacial score (nSPS) is 12.2. The SMILES string of the molecule is C/C(=N/NC(=O)c1ccc(Cl)c(S(N)(=O)=O)c1)c1ccco1. The molecule has 0 aliphatic heterocycles. The minimum Gasteiger partial charge on any atom is -0.463 e. The molecule has 2 rings (SSSR count). The van der Waals surface area contributed by atoms with Gasteiger partial charge in [-0.3, -0.25) is 4.79 Å². The van der Waals surface area contributed by atoms with Gasteiger partial charge < -0.3 is 4.42 Å². The van der Waals surface area contributed by atoms with E-state index in [2.05, 4.69) is 10.5 Å². The molecule has 9 heteroatoms. The molecule has 22 heavy (non-hydrogen) atoms. The lowest BCUT2D eigenvalue weighted by atomic mass is 10.2. The van der Waals surface area contributed by atoms with Crippen LogP contribution < -0.4 is 10.6 Å². The van der Waals surface area contributed by atoms with Crippen molar-refractivity contribution in [1.29, 1.82) is 0 Å². The van der Waals surface area contributed by atoms with E-state index in [-0.39, 0.29) is 15.5 Å². The lowest BCUT2D eigenvalue weighted by molar-refractivity contribution is 0.0954. The van der Waals surface area contributed by atoms with Crippen molar-refractivity contribution in [1.82, 2.24) is 5.43 Å². The molecule has 0 saturated heterocycles. The number of carbonyl (C=O) groups is 1. The van der Waals surface area contributed by atoms with Crippen LogP contribution in [0.4, 0.5) is 0 Å². The quantitative estimate of drug-likeness (QED) is 0.650. The molecule has 0 atom stereocenters. The van der Waals surface area contributed by atoms with Gasteiger partial charge in [-0.2, -0.15) is 5.10 Å². The highest BCUT2D eigenvalue weighted by Crippen LogP contribution is 2.21. The molecule has 1 heterocycles. The van der Waals surface area contributed by atoms with Crippen LogP contribution in [-0.4, -0.2) is 20.0 Å². The first kappa shape index (κ1) is 16.2. The topological polar surface area (TPSA) is 115 Å². The minimum atomic E-state index is -4.02. The summed E-state index contributed by atoms with van der Waals surface area (Å²) in [7, 11) is -4.02. The molecule has 0 spiro atoms. The van der Waals surface area contributed by atoms with Crippen molar-refractivity contribution in [2.45, 2.75) is 11.8 Å². The first-order chi connectivity index (χ1) is 10.3.